The number of aromatic nitrogens is 2. The van der Waals surface area contributed by atoms with E-state index in [1.54, 1.807) is 12.1 Å². The summed E-state index contributed by atoms with van der Waals surface area (Å²) in [6.07, 6.45) is 1.95. The van der Waals surface area contributed by atoms with E-state index < -0.39 is 0 Å². The summed E-state index contributed by atoms with van der Waals surface area (Å²) in [6.45, 7) is 10.8. The molecule has 2 unspecified atom stereocenters. The fraction of sp³-hybridized carbons (Fsp3) is 0.314. The van der Waals surface area contributed by atoms with Gasteiger partial charge in [-0.1, -0.05) is 108 Å². The molecule has 0 spiro atoms. The van der Waals surface area contributed by atoms with Gasteiger partial charge in [-0.05, 0) is 83.6 Å². The average molecular weight is 868 g/mol. The number of anilines is 2. The van der Waals surface area contributed by atoms with E-state index in [-0.39, 0.29) is 17.6 Å². The molecular formula is C51H56Cl2N8O. The molecule has 0 amide bonds. The fourth-order valence-electron chi connectivity index (χ4n) is 8.74. The zero-order valence-corrected chi connectivity index (χ0v) is 36.8. The van der Waals surface area contributed by atoms with Gasteiger partial charge in [0.05, 0.1) is 23.2 Å². The van der Waals surface area contributed by atoms with Crippen molar-refractivity contribution in [3.63, 3.8) is 0 Å². The van der Waals surface area contributed by atoms with E-state index >= 15 is 4.79 Å². The molecular weight excluding hydrogens is 812 g/mol. The molecule has 0 radical (unpaired) electrons. The molecule has 2 aromatic heterocycles. The summed E-state index contributed by atoms with van der Waals surface area (Å²) >= 11 is 12.8. The molecule has 4 N–H and O–H groups in total. The molecule has 2 fully saturated rings. The normalized spacial score (nSPS) is 16.5. The van der Waals surface area contributed by atoms with Gasteiger partial charge in [-0.3, -0.25) is 14.6 Å². The third kappa shape index (κ3) is 11.7. The van der Waals surface area contributed by atoms with Gasteiger partial charge in [0.25, 0.3) is 0 Å². The van der Waals surface area contributed by atoms with Crippen LogP contribution in [-0.4, -0.2) is 114 Å². The predicted octanol–water partition coefficient (Wildman–Crippen LogP) is 8.44. The van der Waals surface area contributed by atoms with Crippen molar-refractivity contribution in [2.45, 2.75) is 24.7 Å². The number of rotatable bonds is 16. The molecule has 4 heterocycles. The third-order valence-electron chi connectivity index (χ3n) is 12.5. The van der Waals surface area contributed by atoms with Crippen molar-refractivity contribution in [3.8, 4) is 22.5 Å². The number of nitrogens with two attached hydrogens (primary N) is 2. The molecule has 0 aliphatic carbocycles. The van der Waals surface area contributed by atoms with E-state index in [1.165, 1.54) is 11.1 Å². The molecule has 9 nitrogen and oxygen atoms in total. The summed E-state index contributed by atoms with van der Waals surface area (Å²) in [5.41, 5.74) is 20.4. The quantitative estimate of drug-likeness (QED) is 0.0992. The van der Waals surface area contributed by atoms with Crippen LogP contribution in [-0.2, 0) is 17.6 Å². The Morgan fingerprint density at radius 1 is 0.484 bits per heavy atom. The maximum absolute atomic E-state index is 15.1. The van der Waals surface area contributed by atoms with Gasteiger partial charge in [0.2, 0.25) is 0 Å². The molecule has 4 aromatic carbocycles. The Hall–Kier alpha value is -5.13. The second-order valence-corrected chi connectivity index (χ2v) is 17.6. The summed E-state index contributed by atoms with van der Waals surface area (Å²) in [7, 11) is 0. The SMILES string of the molecule is Nc1cccc(-c2ccc(CCN3CCN(CC(C(=O)C(CN4CCN(CCc5ccc(-c6cccc(N)n6)cc5)CC4)c4ccc(Cl)cc4)c4ccc(Cl)cc4)CC3)cc2)n1. The summed E-state index contributed by atoms with van der Waals surface area (Å²) in [5, 5.41) is 1.34. The van der Waals surface area contributed by atoms with Crippen LogP contribution in [0.4, 0.5) is 11.6 Å². The minimum Gasteiger partial charge on any atom is -0.384 e. The number of piperazine rings is 2. The van der Waals surface area contributed by atoms with Crippen LogP contribution < -0.4 is 11.5 Å². The molecule has 2 aliphatic rings. The predicted molar refractivity (Wildman–Crippen MR) is 255 cm³/mol. The number of nitrogen functional groups attached to an aromatic ring is 2. The van der Waals surface area contributed by atoms with Gasteiger partial charge in [-0.2, -0.15) is 0 Å². The number of hydrogen-bond donors (Lipinski definition) is 2. The molecule has 0 bridgehead atoms. The van der Waals surface area contributed by atoms with Gasteiger partial charge in [-0.25, -0.2) is 9.97 Å². The van der Waals surface area contributed by atoms with Crippen LogP contribution in [0.15, 0.2) is 133 Å². The monoisotopic (exact) mass is 866 g/mol. The first-order valence-electron chi connectivity index (χ1n) is 21.8. The highest BCUT2D eigenvalue weighted by Gasteiger charge is 2.34. The lowest BCUT2D eigenvalue weighted by atomic mass is 9.82. The fourth-order valence-corrected chi connectivity index (χ4v) is 8.99. The summed E-state index contributed by atoms with van der Waals surface area (Å²) in [6, 6.07) is 44.6. The molecule has 6 aromatic rings. The molecule has 8 rings (SSSR count). The summed E-state index contributed by atoms with van der Waals surface area (Å²) < 4.78 is 0. The molecule has 0 saturated carbocycles. The van der Waals surface area contributed by atoms with Gasteiger partial charge in [-0.15, -0.1) is 0 Å². The van der Waals surface area contributed by atoms with Crippen LogP contribution >= 0.6 is 23.2 Å². The largest absolute Gasteiger partial charge is 0.384 e. The van der Waals surface area contributed by atoms with Gasteiger partial charge in [0.1, 0.15) is 17.4 Å². The van der Waals surface area contributed by atoms with E-state index in [9.17, 15) is 0 Å². The Kier molecular flexibility index (Phi) is 14.6. The molecule has 320 valence electrons. The van der Waals surface area contributed by atoms with Crippen LogP contribution in [0.25, 0.3) is 22.5 Å². The number of hydrogen-bond acceptors (Lipinski definition) is 9. The highest BCUT2D eigenvalue weighted by Crippen LogP contribution is 2.31. The molecule has 11 heteroatoms. The van der Waals surface area contributed by atoms with Crippen molar-refractivity contribution in [1.29, 1.82) is 0 Å². The van der Waals surface area contributed by atoms with Crippen molar-refractivity contribution in [2.75, 3.05) is 90.0 Å². The van der Waals surface area contributed by atoms with Crippen LogP contribution in [0.2, 0.25) is 10.0 Å². The number of ketones is 1. The van der Waals surface area contributed by atoms with Crippen LogP contribution in [0.5, 0.6) is 0 Å². The van der Waals surface area contributed by atoms with Gasteiger partial charge in [0, 0.05) is 99.7 Å². The number of halogens is 2. The highest BCUT2D eigenvalue weighted by molar-refractivity contribution is 6.30. The smallest absolute Gasteiger partial charge is 0.150 e. The van der Waals surface area contributed by atoms with E-state index in [0.29, 0.717) is 34.8 Å². The zero-order chi connectivity index (χ0) is 42.8. The lowest BCUT2D eigenvalue weighted by molar-refractivity contribution is -0.123. The van der Waals surface area contributed by atoms with E-state index in [1.807, 2.05) is 72.8 Å². The van der Waals surface area contributed by atoms with E-state index in [2.05, 4.69) is 78.1 Å². The van der Waals surface area contributed by atoms with Crippen molar-refractivity contribution >= 4 is 40.6 Å². The molecule has 2 saturated heterocycles. The number of carbonyl (C=O) groups excluding carboxylic acids is 1. The first kappa shape index (κ1) is 43.5. The van der Waals surface area contributed by atoms with Gasteiger partial charge < -0.3 is 21.3 Å². The Morgan fingerprint density at radius 3 is 1.19 bits per heavy atom. The lowest BCUT2D eigenvalue weighted by Crippen LogP contribution is -2.50. The standard InChI is InChI=1S/C51H56Cl2N8O/c52-43-19-15-39(16-20-43)45(35-60-31-27-58(28-32-60)25-23-37-7-11-41(12-8-37)47-3-1-5-49(54)56-47)51(62)46(40-17-21-44(53)22-18-40)36-61-33-29-59(30-34-61)26-24-38-9-13-42(14-10-38)48-4-2-6-50(55)57-48/h1-22,45-46H,23-36H2,(H2,54,56)(H2,55,57). The first-order chi connectivity index (χ1) is 30.2. The second-order valence-electron chi connectivity index (χ2n) is 16.7. The van der Waals surface area contributed by atoms with Crippen LogP contribution in [0.1, 0.15) is 34.1 Å². The number of Topliss-reactive ketones (excluding diaryl/α,β-unsaturated/α-hetero) is 1. The van der Waals surface area contributed by atoms with Crippen molar-refractivity contribution in [1.82, 2.24) is 29.6 Å². The van der Waals surface area contributed by atoms with Crippen molar-refractivity contribution in [3.05, 3.63) is 166 Å². The third-order valence-corrected chi connectivity index (χ3v) is 13.0. The second kappa shape index (κ2) is 20.8. The minimum atomic E-state index is -0.296. The maximum Gasteiger partial charge on any atom is 0.150 e. The average Bonchev–Trinajstić information content (AvgIpc) is 3.30. The Labute approximate surface area is 376 Å². The number of carbonyl (C=O) groups is 1. The molecule has 2 aliphatic heterocycles. The number of nitrogens with zero attached hydrogens (tertiary/aromatic N) is 6. The first-order valence-corrected chi connectivity index (χ1v) is 22.6. The number of pyridine rings is 2. The van der Waals surface area contributed by atoms with Crippen LogP contribution in [0.3, 0.4) is 0 Å². The van der Waals surface area contributed by atoms with E-state index in [4.69, 9.17) is 34.7 Å². The Balaban J connectivity index is 0.874. The summed E-state index contributed by atoms with van der Waals surface area (Å²) in [5.74, 6) is 0.708. The van der Waals surface area contributed by atoms with Gasteiger partial charge >= 0.3 is 0 Å². The van der Waals surface area contributed by atoms with Crippen LogP contribution in [0, 0.1) is 0 Å². The van der Waals surface area contributed by atoms with Crippen molar-refractivity contribution in [2.24, 2.45) is 0 Å². The van der Waals surface area contributed by atoms with E-state index in [0.717, 1.165) is 112 Å². The molecule has 62 heavy (non-hydrogen) atoms. The Bertz CT molecular complexity index is 2190. The highest BCUT2D eigenvalue weighted by atomic mass is 35.5. The topological polar surface area (TPSA) is 108 Å². The van der Waals surface area contributed by atoms with Crippen molar-refractivity contribution < 1.29 is 4.79 Å². The lowest BCUT2D eigenvalue weighted by Gasteiger charge is -2.38. The number of benzene rings is 4. The zero-order valence-electron chi connectivity index (χ0n) is 35.3. The maximum atomic E-state index is 15.1. The minimum absolute atomic E-state index is 0.244. The molecule has 2 atom stereocenters. The Morgan fingerprint density at radius 2 is 0.839 bits per heavy atom. The van der Waals surface area contributed by atoms with Gasteiger partial charge in [0.15, 0.2) is 0 Å². The summed E-state index contributed by atoms with van der Waals surface area (Å²) in [4.78, 5) is 34.1.